The maximum Gasteiger partial charge on any atom is 0.242 e. The minimum absolute atomic E-state index is 0.0132. The molecule has 0 saturated heterocycles. The maximum absolute atomic E-state index is 12.9. The topological polar surface area (TPSA) is 58.6 Å². The number of carbonyl (C=O) groups excluding carboxylic acids is 2. The Balaban J connectivity index is 1.90. The molecule has 0 saturated carbocycles. The van der Waals surface area contributed by atoms with Gasteiger partial charge >= 0.3 is 0 Å². The zero-order valence-electron chi connectivity index (χ0n) is 18.2. The molecule has 0 aliphatic heterocycles. The summed E-state index contributed by atoms with van der Waals surface area (Å²) in [6.45, 7) is 5.53. The van der Waals surface area contributed by atoms with Crippen LogP contribution < -0.4 is 10.1 Å². The van der Waals surface area contributed by atoms with E-state index < -0.39 is 6.04 Å². The molecular weight excluding hydrogens is 376 g/mol. The van der Waals surface area contributed by atoms with Crippen LogP contribution >= 0.6 is 0 Å². The van der Waals surface area contributed by atoms with E-state index >= 15 is 0 Å². The van der Waals surface area contributed by atoms with Crippen molar-refractivity contribution in [1.29, 1.82) is 0 Å². The van der Waals surface area contributed by atoms with E-state index in [0.29, 0.717) is 32.5 Å². The van der Waals surface area contributed by atoms with Gasteiger partial charge in [-0.05, 0) is 43.9 Å². The van der Waals surface area contributed by atoms with Gasteiger partial charge < -0.3 is 15.0 Å². The molecule has 0 aliphatic rings. The largest absolute Gasteiger partial charge is 0.494 e. The van der Waals surface area contributed by atoms with E-state index in [0.717, 1.165) is 30.6 Å². The van der Waals surface area contributed by atoms with E-state index in [1.54, 1.807) is 4.90 Å². The zero-order chi connectivity index (χ0) is 21.6. The Morgan fingerprint density at radius 2 is 1.67 bits per heavy atom. The summed E-state index contributed by atoms with van der Waals surface area (Å²) in [6, 6.07) is 19.1. The summed E-state index contributed by atoms with van der Waals surface area (Å²) in [6.07, 6.45) is 3.65. The summed E-state index contributed by atoms with van der Waals surface area (Å²) >= 11 is 0. The minimum Gasteiger partial charge on any atom is -0.494 e. The molecule has 30 heavy (non-hydrogen) atoms. The quantitative estimate of drug-likeness (QED) is 0.503. The molecule has 2 amide bonds. The summed E-state index contributed by atoms with van der Waals surface area (Å²) in [5.41, 5.74) is 1.15. The lowest BCUT2D eigenvalue weighted by atomic mass is 10.1. The number of unbranched alkanes of at least 4 members (excludes halogenated alkanes) is 1. The summed E-state index contributed by atoms with van der Waals surface area (Å²) in [4.78, 5) is 27.2. The van der Waals surface area contributed by atoms with Gasteiger partial charge in [-0.2, -0.15) is 0 Å². The Kier molecular flexibility index (Phi) is 10.5. The van der Waals surface area contributed by atoms with Gasteiger partial charge in [-0.1, -0.05) is 61.9 Å². The first kappa shape index (κ1) is 23.5. The van der Waals surface area contributed by atoms with Crippen molar-refractivity contribution in [3.63, 3.8) is 0 Å². The highest BCUT2D eigenvalue weighted by Crippen LogP contribution is 2.11. The Labute approximate surface area is 180 Å². The second-order valence-electron chi connectivity index (χ2n) is 7.41. The molecule has 1 N–H and O–H groups in total. The molecule has 0 bridgehead atoms. The number of benzene rings is 2. The van der Waals surface area contributed by atoms with Crippen LogP contribution in [0.15, 0.2) is 60.7 Å². The molecule has 5 heteroatoms. The number of rotatable bonds is 13. The van der Waals surface area contributed by atoms with Crippen molar-refractivity contribution in [1.82, 2.24) is 10.2 Å². The molecule has 162 valence electrons. The molecule has 0 radical (unpaired) electrons. The highest BCUT2D eigenvalue weighted by atomic mass is 16.5. The molecular formula is C25H34N2O3. The maximum atomic E-state index is 12.9. The zero-order valence-corrected chi connectivity index (χ0v) is 18.2. The van der Waals surface area contributed by atoms with Crippen molar-refractivity contribution in [3.8, 4) is 5.75 Å². The van der Waals surface area contributed by atoms with Crippen molar-refractivity contribution < 1.29 is 14.3 Å². The monoisotopic (exact) mass is 410 g/mol. The molecule has 0 fully saturated rings. The third kappa shape index (κ3) is 8.27. The van der Waals surface area contributed by atoms with E-state index in [4.69, 9.17) is 4.74 Å². The smallest absolute Gasteiger partial charge is 0.242 e. The number of carbonyl (C=O) groups is 2. The SMILES string of the molecule is CCCCNC(=O)C(C)N(CCc1ccccc1)C(=O)CCCOc1ccccc1. The van der Waals surface area contributed by atoms with Crippen LogP contribution in [0.25, 0.3) is 0 Å². The fraction of sp³-hybridized carbons (Fsp3) is 0.440. The highest BCUT2D eigenvalue weighted by Gasteiger charge is 2.25. The molecule has 2 rings (SSSR count). The van der Waals surface area contributed by atoms with Crippen molar-refractivity contribution >= 4 is 11.8 Å². The normalized spacial score (nSPS) is 11.5. The lowest BCUT2D eigenvalue weighted by Gasteiger charge is -2.29. The molecule has 0 heterocycles. The van der Waals surface area contributed by atoms with Gasteiger partial charge in [0, 0.05) is 19.5 Å². The summed E-state index contributed by atoms with van der Waals surface area (Å²) < 4.78 is 5.69. The van der Waals surface area contributed by atoms with Gasteiger partial charge in [0.05, 0.1) is 6.61 Å². The number of nitrogens with one attached hydrogen (secondary N) is 1. The number of hydrogen-bond donors (Lipinski definition) is 1. The molecule has 2 aromatic carbocycles. The Morgan fingerprint density at radius 3 is 2.33 bits per heavy atom. The van der Waals surface area contributed by atoms with Gasteiger partial charge in [-0.25, -0.2) is 0 Å². The van der Waals surface area contributed by atoms with Crippen LogP contribution in [-0.2, 0) is 16.0 Å². The highest BCUT2D eigenvalue weighted by molar-refractivity contribution is 5.87. The first-order valence-corrected chi connectivity index (χ1v) is 10.9. The number of hydrogen-bond acceptors (Lipinski definition) is 3. The van der Waals surface area contributed by atoms with Crippen molar-refractivity contribution in [2.75, 3.05) is 19.7 Å². The van der Waals surface area contributed by atoms with Gasteiger partial charge in [0.15, 0.2) is 0 Å². The molecule has 1 unspecified atom stereocenters. The van der Waals surface area contributed by atoms with Crippen LogP contribution in [0.4, 0.5) is 0 Å². The average molecular weight is 411 g/mol. The molecule has 2 aromatic rings. The summed E-state index contributed by atoms with van der Waals surface area (Å²) in [5.74, 6) is 0.695. The third-order valence-electron chi connectivity index (χ3n) is 5.03. The van der Waals surface area contributed by atoms with E-state index in [2.05, 4.69) is 12.2 Å². The number of para-hydroxylation sites is 1. The molecule has 0 aliphatic carbocycles. The van der Waals surface area contributed by atoms with Gasteiger partial charge in [0.2, 0.25) is 11.8 Å². The van der Waals surface area contributed by atoms with E-state index in [1.165, 1.54) is 0 Å². The van der Waals surface area contributed by atoms with Crippen molar-refractivity contribution in [2.45, 2.75) is 52.0 Å². The molecule has 0 spiro atoms. The predicted octanol–water partition coefficient (Wildman–Crippen LogP) is 4.22. The van der Waals surface area contributed by atoms with Crippen LogP contribution in [-0.4, -0.2) is 42.5 Å². The first-order valence-electron chi connectivity index (χ1n) is 10.9. The van der Waals surface area contributed by atoms with Crippen LogP contribution in [0.5, 0.6) is 5.75 Å². The van der Waals surface area contributed by atoms with Gasteiger partial charge in [-0.3, -0.25) is 9.59 Å². The lowest BCUT2D eigenvalue weighted by Crippen LogP contribution is -2.49. The lowest BCUT2D eigenvalue weighted by molar-refractivity contribution is -0.140. The fourth-order valence-electron chi connectivity index (χ4n) is 3.18. The summed E-state index contributed by atoms with van der Waals surface area (Å²) in [5, 5.41) is 2.95. The minimum atomic E-state index is -0.492. The van der Waals surface area contributed by atoms with Crippen LogP contribution in [0.1, 0.15) is 45.1 Å². The van der Waals surface area contributed by atoms with Crippen LogP contribution in [0.3, 0.4) is 0 Å². The van der Waals surface area contributed by atoms with Gasteiger partial charge in [0.25, 0.3) is 0 Å². The third-order valence-corrected chi connectivity index (χ3v) is 5.03. The van der Waals surface area contributed by atoms with Gasteiger partial charge in [-0.15, -0.1) is 0 Å². The number of nitrogens with zero attached hydrogens (tertiary/aromatic N) is 1. The molecule has 0 aromatic heterocycles. The number of amides is 2. The molecule has 1 atom stereocenters. The standard InChI is InChI=1S/C25H34N2O3/c1-3-4-18-26-25(29)21(2)27(19-17-22-12-7-5-8-13-22)24(28)16-11-20-30-23-14-9-6-10-15-23/h5-10,12-15,21H,3-4,11,16-20H2,1-2H3,(H,26,29). The Morgan fingerprint density at radius 1 is 1.00 bits per heavy atom. The van der Waals surface area contributed by atoms with E-state index in [-0.39, 0.29) is 11.8 Å². The van der Waals surface area contributed by atoms with Crippen molar-refractivity contribution in [3.05, 3.63) is 66.2 Å². The van der Waals surface area contributed by atoms with Crippen LogP contribution in [0.2, 0.25) is 0 Å². The fourth-order valence-corrected chi connectivity index (χ4v) is 3.18. The van der Waals surface area contributed by atoms with Crippen molar-refractivity contribution in [2.24, 2.45) is 0 Å². The van der Waals surface area contributed by atoms with Gasteiger partial charge in [0.1, 0.15) is 11.8 Å². The predicted molar refractivity (Wildman–Crippen MR) is 120 cm³/mol. The van der Waals surface area contributed by atoms with E-state index in [1.807, 2.05) is 67.6 Å². The Hall–Kier alpha value is -2.82. The number of ether oxygens (including phenoxy) is 1. The summed E-state index contributed by atoms with van der Waals surface area (Å²) in [7, 11) is 0. The molecule has 5 nitrogen and oxygen atoms in total. The second kappa shape index (κ2) is 13.4. The van der Waals surface area contributed by atoms with E-state index in [9.17, 15) is 9.59 Å². The van der Waals surface area contributed by atoms with Crippen LogP contribution in [0, 0.1) is 0 Å². The average Bonchev–Trinajstić information content (AvgIpc) is 2.78. The second-order valence-corrected chi connectivity index (χ2v) is 7.41. The first-order chi connectivity index (χ1) is 14.6. The Bertz CT molecular complexity index is 750.